The van der Waals surface area contributed by atoms with Crippen molar-refractivity contribution >= 4 is 35.5 Å². The molecular formula is C10H14N2O5S. The Labute approximate surface area is 108 Å². The van der Waals surface area contributed by atoms with Crippen LogP contribution in [0.3, 0.4) is 0 Å². The Morgan fingerprint density at radius 1 is 1.28 bits per heavy atom. The molecule has 0 radical (unpaired) electrons. The maximum Gasteiger partial charge on any atom is 0.313 e. The lowest BCUT2D eigenvalue weighted by atomic mass is 10.4. The van der Waals surface area contributed by atoms with Crippen molar-refractivity contribution in [3.05, 3.63) is 0 Å². The van der Waals surface area contributed by atoms with Crippen molar-refractivity contribution in [3.63, 3.8) is 0 Å². The molecule has 0 saturated carbocycles. The van der Waals surface area contributed by atoms with E-state index in [4.69, 9.17) is 5.11 Å². The average molecular weight is 274 g/mol. The van der Waals surface area contributed by atoms with Gasteiger partial charge in [0.25, 0.3) is 0 Å². The first-order valence-corrected chi connectivity index (χ1v) is 6.54. The van der Waals surface area contributed by atoms with Crippen LogP contribution < -0.4 is 5.32 Å². The van der Waals surface area contributed by atoms with E-state index in [0.717, 1.165) is 18.2 Å². The third-order valence-corrected chi connectivity index (χ3v) is 3.16. The van der Waals surface area contributed by atoms with Gasteiger partial charge in [-0.25, -0.2) is 0 Å². The second-order valence-electron chi connectivity index (χ2n) is 3.78. The van der Waals surface area contributed by atoms with Crippen molar-refractivity contribution in [1.82, 2.24) is 10.2 Å². The minimum absolute atomic E-state index is 0.0853. The smallest absolute Gasteiger partial charge is 0.313 e. The lowest BCUT2D eigenvalue weighted by molar-refractivity contribution is -0.135. The molecule has 0 aromatic heterocycles. The molecule has 0 aromatic carbocycles. The number of imide groups is 1. The summed E-state index contributed by atoms with van der Waals surface area (Å²) in [5.74, 6) is -2.46. The van der Waals surface area contributed by atoms with Crippen LogP contribution in [-0.4, -0.2) is 58.3 Å². The van der Waals surface area contributed by atoms with Gasteiger partial charge in [-0.2, -0.15) is 0 Å². The average Bonchev–Trinajstić information content (AvgIpc) is 2.63. The summed E-state index contributed by atoms with van der Waals surface area (Å²) in [6.45, 7) is 0.419. The minimum Gasteiger partial charge on any atom is -0.481 e. The molecule has 1 fully saturated rings. The molecule has 1 aliphatic rings. The zero-order chi connectivity index (χ0) is 13.5. The summed E-state index contributed by atoms with van der Waals surface area (Å²) in [4.78, 5) is 45.5. The van der Waals surface area contributed by atoms with Crippen LogP contribution in [0.4, 0.5) is 0 Å². The van der Waals surface area contributed by atoms with Crippen LogP contribution in [0, 0.1) is 0 Å². The first kappa shape index (κ1) is 14.5. The van der Waals surface area contributed by atoms with Crippen molar-refractivity contribution in [3.8, 4) is 0 Å². The number of carbonyl (C=O) groups is 4. The number of thioether (sulfide) groups is 1. The van der Waals surface area contributed by atoms with E-state index >= 15 is 0 Å². The van der Waals surface area contributed by atoms with Gasteiger partial charge in [0.2, 0.25) is 17.7 Å². The number of amides is 3. The van der Waals surface area contributed by atoms with Crippen molar-refractivity contribution in [2.24, 2.45) is 0 Å². The number of hydrogen-bond donors (Lipinski definition) is 2. The van der Waals surface area contributed by atoms with Crippen LogP contribution in [0.15, 0.2) is 0 Å². The lowest BCUT2D eigenvalue weighted by Crippen LogP contribution is -2.41. The first-order chi connectivity index (χ1) is 8.49. The summed E-state index contributed by atoms with van der Waals surface area (Å²) in [7, 11) is 0. The summed E-state index contributed by atoms with van der Waals surface area (Å²) in [6, 6.07) is 0. The predicted molar refractivity (Wildman–Crippen MR) is 63.9 cm³/mol. The van der Waals surface area contributed by atoms with E-state index in [-0.39, 0.29) is 24.0 Å². The molecule has 0 spiro atoms. The Bertz CT molecular complexity index is 371. The van der Waals surface area contributed by atoms with Crippen LogP contribution in [0.1, 0.15) is 12.8 Å². The highest BCUT2D eigenvalue weighted by Crippen LogP contribution is 2.08. The van der Waals surface area contributed by atoms with Crippen LogP contribution in [0.2, 0.25) is 0 Å². The molecule has 1 rings (SSSR count). The molecule has 0 unspecified atom stereocenters. The monoisotopic (exact) mass is 274 g/mol. The van der Waals surface area contributed by atoms with Crippen LogP contribution in [0.5, 0.6) is 0 Å². The van der Waals surface area contributed by atoms with Gasteiger partial charge in [0.05, 0.1) is 18.1 Å². The Morgan fingerprint density at radius 3 is 2.56 bits per heavy atom. The van der Waals surface area contributed by atoms with Crippen LogP contribution in [-0.2, 0) is 19.2 Å². The molecule has 0 bridgehead atoms. The third-order valence-electron chi connectivity index (χ3n) is 2.24. The van der Waals surface area contributed by atoms with Crippen molar-refractivity contribution < 1.29 is 24.3 Å². The number of aliphatic carboxylic acids is 1. The molecular weight excluding hydrogens is 260 g/mol. The van der Waals surface area contributed by atoms with Crippen molar-refractivity contribution in [2.45, 2.75) is 12.8 Å². The summed E-state index contributed by atoms with van der Waals surface area (Å²) < 4.78 is 0. The zero-order valence-electron chi connectivity index (χ0n) is 9.68. The molecule has 1 aliphatic heterocycles. The molecule has 100 valence electrons. The fraction of sp³-hybridized carbons (Fsp3) is 0.600. The fourth-order valence-corrected chi connectivity index (χ4v) is 2.04. The van der Waals surface area contributed by atoms with E-state index in [2.05, 4.69) is 5.32 Å². The Hall–Kier alpha value is -1.57. The number of nitrogens with zero attached hydrogens (tertiary/aromatic N) is 1. The largest absolute Gasteiger partial charge is 0.481 e. The summed E-state index contributed by atoms with van der Waals surface area (Å²) >= 11 is 0.910. The zero-order valence-corrected chi connectivity index (χ0v) is 10.5. The van der Waals surface area contributed by atoms with Gasteiger partial charge in [-0.1, -0.05) is 0 Å². The number of carboxylic acids is 1. The highest BCUT2D eigenvalue weighted by atomic mass is 32.2. The molecule has 1 saturated heterocycles. The molecule has 2 N–H and O–H groups in total. The molecule has 0 atom stereocenters. The quantitative estimate of drug-likeness (QED) is 0.648. The molecule has 1 heterocycles. The van der Waals surface area contributed by atoms with Crippen LogP contribution in [0.25, 0.3) is 0 Å². The first-order valence-electron chi connectivity index (χ1n) is 5.39. The lowest BCUT2D eigenvalue weighted by Gasteiger charge is -2.14. The number of carbonyl (C=O) groups excluding carboxylic acids is 3. The third kappa shape index (κ3) is 5.17. The minimum atomic E-state index is -1.01. The molecule has 18 heavy (non-hydrogen) atoms. The summed E-state index contributed by atoms with van der Waals surface area (Å²) in [5.41, 5.74) is 0. The van der Waals surface area contributed by atoms with Gasteiger partial charge in [0, 0.05) is 13.0 Å². The number of nitrogens with one attached hydrogen (secondary N) is 1. The van der Waals surface area contributed by atoms with Gasteiger partial charge in [-0.05, 0) is 6.42 Å². The van der Waals surface area contributed by atoms with Gasteiger partial charge in [0.1, 0.15) is 0 Å². The fourth-order valence-electron chi connectivity index (χ4n) is 1.51. The topological polar surface area (TPSA) is 104 Å². The molecule has 7 nitrogen and oxygen atoms in total. The van der Waals surface area contributed by atoms with E-state index < -0.39 is 17.8 Å². The van der Waals surface area contributed by atoms with Gasteiger partial charge in [0.15, 0.2) is 0 Å². The van der Waals surface area contributed by atoms with Gasteiger partial charge < -0.3 is 10.0 Å². The van der Waals surface area contributed by atoms with E-state index in [1.807, 2.05) is 0 Å². The van der Waals surface area contributed by atoms with Crippen molar-refractivity contribution in [1.29, 1.82) is 0 Å². The molecule has 3 amide bonds. The predicted octanol–water partition coefficient (Wildman–Crippen LogP) is -0.931. The highest BCUT2D eigenvalue weighted by molar-refractivity contribution is 8.00. The van der Waals surface area contributed by atoms with E-state index in [9.17, 15) is 19.2 Å². The number of likely N-dealkylation sites (tertiary alicyclic amines) is 1. The van der Waals surface area contributed by atoms with Crippen molar-refractivity contribution in [2.75, 3.05) is 24.6 Å². The highest BCUT2D eigenvalue weighted by Gasteiger charge is 2.22. The Morgan fingerprint density at radius 2 is 2.00 bits per heavy atom. The number of hydrogen-bond acceptors (Lipinski definition) is 5. The van der Waals surface area contributed by atoms with Gasteiger partial charge in [-0.15, -0.1) is 11.8 Å². The standard InChI is InChI=1S/C10H14N2O5S/c13-7(4-12-3-1-2-9(12)15)11-8(14)5-18-6-10(16)17/h1-6H2,(H,16,17)(H,11,13,14). The van der Waals surface area contributed by atoms with E-state index in [1.165, 1.54) is 4.90 Å². The van der Waals surface area contributed by atoms with Crippen LogP contribution >= 0.6 is 11.8 Å². The Kier molecular flexibility index (Phi) is 5.63. The summed E-state index contributed by atoms with van der Waals surface area (Å²) in [6.07, 6.45) is 1.17. The summed E-state index contributed by atoms with van der Waals surface area (Å²) in [5, 5.41) is 10.5. The van der Waals surface area contributed by atoms with E-state index in [1.54, 1.807) is 0 Å². The maximum absolute atomic E-state index is 11.4. The second kappa shape index (κ2) is 7.00. The van der Waals surface area contributed by atoms with Gasteiger partial charge in [-0.3, -0.25) is 24.5 Å². The van der Waals surface area contributed by atoms with Gasteiger partial charge >= 0.3 is 5.97 Å². The molecule has 0 aromatic rings. The maximum atomic E-state index is 11.4. The molecule has 8 heteroatoms. The molecule has 0 aliphatic carbocycles. The SMILES string of the molecule is O=C(O)CSCC(=O)NC(=O)CN1CCCC1=O. The Balaban J connectivity index is 2.21. The second-order valence-corrected chi connectivity index (χ2v) is 4.76. The number of carboxylic acid groups (broad SMARTS) is 1. The van der Waals surface area contributed by atoms with E-state index in [0.29, 0.717) is 13.0 Å². The number of rotatable bonds is 6. The normalized spacial score (nSPS) is 14.7.